The van der Waals surface area contributed by atoms with Crippen LogP contribution in [0.1, 0.15) is 6.42 Å². The van der Waals surface area contributed by atoms with Crippen molar-refractivity contribution in [3.05, 3.63) is 30.3 Å². The van der Waals surface area contributed by atoms with Gasteiger partial charge in [0.2, 0.25) is 5.95 Å². The largest absolute Gasteiger partial charge is 0.341 e. The fraction of sp³-hybridized carbons (Fsp3) is 0.273. The summed E-state index contributed by atoms with van der Waals surface area (Å²) in [5.74, 6) is 0.631. The Hall–Kier alpha value is -2.42. The number of aromatic nitrogens is 4. The predicted octanol–water partition coefficient (Wildman–Crippen LogP) is 1.01. The van der Waals surface area contributed by atoms with Gasteiger partial charge in [0.05, 0.1) is 18.2 Å². The van der Waals surface area contributed by atoms with Crippen LogP contribution in [0.25, 0.3) is 5.69 Å². The van der Waals surface area contributed by atoms with Gasteiger partial charge in [0.25, 0.3) is 0 Å². The van der Waals surface area contributed by atoms with Gasteiger partial charge in [-0.3, -0.25) is 0 Å². The first-order valence-corrected chi connectivity index (χ1v) is 5.25. The van der Waals surface area contributed by atoms with E-state index in [9.17, 15) is 0 Å². The van der Waals surface area contributed by atoms with E-state index in [0.717, 1.165) is 5.69 Å². The monoisotopic (exact) mass is 228 g/mol. The van der Waals surface area contributed by atoms with E-state index in [1.54, 1.807) is 4.68 Å². The molecule has 86 valence electrons. The highest BCUT2D eigenvalue weighted by Crippen LogP contribution is 2.13. The van der Waals surface area contributed by atoms with Gasteiger partial charge >= 0.3 is 0 Å². The van der Waals surface area contributed by atoms with Crippen molar-refractivity contribution in [2.45, 2.75) is 6.42 Å². The van der Waals surface area contributed by atoms with Crippen molar-refractivity contribution in [2.24, 2.45) is 0 Å². The third-order valence-electron chi connectivity index (χ3n) is 2.35. The SMILES string of the molecule is CN(CCC#N)c1nnnn1-c1ccccc1. The Morgan fingerprint density at radius 3 is 2.82 bits per heavy atom. The summed E-state index contributed by atoms with van der Waals surface area (Å²) in [6.45, 7) is 0.601. The van der Waals surface area contributed by atoms with Crippen molar-refractivity contribution in [1.82, 2.24) is 20.2 Å². The van der Waals surface area contributed by atoms with Crippen LogP contribution in [-0.2, 0) is 0 Å². The van der Waals surface area contributed by atoms with Crippen molar-refractivity contribution in [3.63, 3.8) is 0 Å². The van der Waals surface area contributed by atoms with Gasteiger partial charge < -0.3 is 4.90 Å². The number of rotatable bonds is 4. The Bertz CT molecular complexity index is 512. The topological polar surface area (TPSA) is 70.6 Å². The maximum atomic E-state index is 8.56. The van der Waals surface area contributed by atoms with E-state index in [-0.39, 0.29) is 0 Å². The van der Waals surface area contributed by atoms with Crippen LogP contribution in [0.5, 0.6) is 0 Å². The van der Waals surface area contributed by atoms with E-state index in [0.29, 0.717) is 18.9 Å². The number of nitrogens with zero attached hydrogens (tertiary/aromatic N) is 6. The Labute approximate surface area is 99.1 Å². The zero-order valence-electron chi connectivity index (χ0n) is 9.48. The summed E-state index contributed by atoms with van der Waals surface area (Å²) in [6, 6.07) is 11.7. The zero-order valence-corrected chi connectivity index (χ0v) is 9.48. The van der Waals surface area contributed by atoms with Crippen LogP contribution >= 0.6 is 0 Å². The lowest BCUT2D eigenvalue weighted by atomic mass is 10.3. The first kappa shape index (κ1) is 11.1. The van der Waals surface area contributed by atoms with Gasteiger partial charge in [0.1, 0.15) is 0 Å². The maximum Gasteiger partial charge on any atom is 0.250 e. The van der Waals surface area contributed by atoms with Crippen molar-refractivity contribution >= 4 is 5.95 Å². The van der Waals surface area contributed by atoms with Crippen molar-refractivity contribution < 1.29 is 0 Å². The second kappa shape index (κ2) is 5.07. The molecule has 2 aromatic rings. The van der Waals surface area contributed by atoms with Gasteiger partial charge in [-0.05, 0) is 22.6 Å². The van der Waals surface area contributed by atoms with E-state index in [4.69, 9.17) is 5.26 Å². The van der Waals surface area contributed by atoms with Gasteiger partial charge in [0.15, 0.2) is 0 Å². The van der Waals surface area contributed by atoms with Crippen LogP contribution < -0.4 is 4.90 Å². The first-order chi connectivity index (χ1) is 8.33. The highest BCUT2D eigenvalue weighted by Gasteiger charge is 2.11. The molecule has 0 amide bonds. The number of hydrogen-bond acceptors (Lipinski definition) is 5. The van der Waals surface area contributed by atoms with Crippen LogP contribution in [0.4, 0.5) is 5.95 Å². The van der Waals surface area contributed by atoms with Crippen LogP contribution in [0.3, 0.4) is 0 Å². The number of anilines is 1. The lowest BCUT2D eigenvalue weighted by molar-refractivity contribution is 0.771. The molecular formula is C11H12N6. The summed E-state index contributed by atoms with van der Waals surface area (Å²) in [5.41, 5.74) is 0.899. The molecule has 0 spiro atoms. The summed E-state index contributed by atoms with van der Waals surface area (Å²) < 4.78 is 1.65. The van der Waals surface area contributed by atoms with E-state index in [1.165, 1.54) is 0 Å². The molecule has 0 aliphatic rings. The van der Waals surface area contributed by atoms with Gasteiger partial charge in [-0.15, -0.1) is 0 Å². The number of tetrazole rings is 1. The fourth-order valence-electron chi connectivity index (χ4n) is 1.47. The average molecular weight is 228 g/mol. The molecule has 0 aliphatic heterocycles. The summed E-state index contributed by atoms with van der Waals surface area (Å²) >= 11 is 0. The number of hydrogen-bond donors (Lipinski definition) is 0. The molecular weight excluding hydrogens is 216 g/mol. The lowest BCUT2D eigenvalue weighted by Gasteiger charge is -2.15. The summed E-state index contributed by atoms with van der Waals surface area (Å²) in [5, 5.41) is 20.1. The highest BCUT2D eigenvalue weighted by molar-refractivity contribution is 5.39. The quantitative estimate of drug-likeness (QED) is 0.781. The number of benzene rings is 1. The molecule has 0 unspecified atom stereocenters. The van der Waals surface area contributed by atoms with Gasteiger partial charge in [-0.2, -0.15) is 9.94 Å². The second-order valence-electron chi connectivity index (χ2n) is 3.56. The molecule has 0 fully saturated rings. The molecule has 1 heterocycles. The van der Waals surface area contributed by atoms with Crippen LogP contribution in [-0.4, -0.2) is 33.8 Å². The van der Waals surface area contributed by atoms with Crippen molar-refractivity contribution in [1.29, 1.82) is 5.26 Å². The predicted molar refractivity (Wildman–Crippen MR) is 62.7 cm³/mol. The van der Waals surface area contributed by atoms with Gasteiger partial charge in [-0.25, -0.2) is 0 Å². The molecule has 1 aromatic carbocycles. The number of nitriles is 1. The van der Waals surface area contributed by atoms with Crippen molar-refractivity contribution in [3.8, 4) is 11.8 Å². The maximum absolute atomic E-state index is 8.56. The Morgan fingerprint density at radius 1 is 1.35 bits per heavy atom. The molecule has 2 rings (SSSR count). The highest BCUT2D eigenvalue weighted by atomic mass is 15.6. The Balaban J connectivity index is 2.26. The van der Waals surface area contributed by atoms with Crippen molar-refractivity contribution in [2.75, 3.05) is 18.5 Å². The van der Waals surface area contributed by atoms with Crippen LogP contribution in [0.15, 0.2) is 30.3 Å². The fourth-order valence-corrected chi connectivity index (χ4v) is 1.47. The van der Waals surface area contributed by atoms with E-state index in [2.05, 4.69) is 21.6 Å². The Kier molecular flexibility index (Phi) is 3.31. The molecule has 17 heavy (non-hydrogen) atoms. The van der Waals surface area contributed by atoms with E-state index in [1.807, 2.05) is 42.3 Å². The molecule has 0 radical (unpaired) electrons. The van der Waals surface area contributed by atoms with E-state index < -0.39 is 0 Å². The molecule has 6 heteroatoms. The van der Waals surface area contributed by atoms with Crippen LogP contribution in [0, 0.1) is 11.3 Å². The molecule has 0 saturated heterocycles. The van der Waals surface area contributed by atoms with Gasteiger partial charge in [-0.1, -0.05) is 23.3 Å². The third-order valence-corrected chi connectivity index (χ3v) is 2.35. The molecule has 1 aromatic heterocycles. The standard InChI is InChI=1S/C11H12N6/c1-16(9-5-8-12)11-13-14-15-17(11)10-6-3-2-4-7-10/h2-4,6-7H,5,9H2,1H3. The second-order valence-corrected chi connectivity index (χ2v) is 3.56. The molecule has 0 aliphatic carbocycles. The first-order valence-electron chi connectivity index (χ1n) is 5.25. The minimum absolute atomic E-state index is 0.443. The average Bonchev–Trinajstić information content (AvgIpc) is 2.86. The van der Waals surface area contributed by atoms with Crippen LogP contribution in [0.2, 0.25) is 0 Å². The summed E-state index contributed by atoms with van der Waals surface area (Å²) in [4.78, 5) is 1.86. The summed E-state index contributed by atoms with van der Waals surface area (Å²) in [7, 11) is 1.86. The lowest BCUT2D eigenvalue weighted by Crippen LogP contribution is -2.22. The minimum Gasteiger partial charge on any atom is -0.341 e. The summed E-state index contributed by atoms with van der Waals surface area (Å²) in [6.07, 6.45) is 0.443. The molecule has 0 saturated carbocycles. The molecule has 0 bridgehead atoms. The third kappa shape index (κ3) is 2.39. The molecule has 6 nitrogen and oxygen atoms in total. The van der Waals surface area contributed by atoms with Gasteiger partial charge in [0, 0.05) is 13.6 Å². The number of para-hydroxylation sites is 1. The molecule has 0 N–H and O–H groups in total. The zero-order chi connectivity index (χ0) is 12.1. The Morgan fingerprint density at radius 2 is 2.12 bits per heavy atom. The normalized spacial score (nSPS) is 9.88. The van der Waals surface area contributed by atoms with E-state index >= 15 is 0 Å². The molecule has 0 atom stereocenters. The smallest absolute Gasteiger partial charge is 0.250 e. The minimum atomic E-state index is 0.443.